The third-order valence-corrected chi connectivity index (χ3v) is 16.2. The SMILES string of the molecule is COC(=O)c1c(C)[nH]c2c1[C@@]13C[C@@H]1CN(C(=O)/C=C/c1cc(NC(=O)c4nc(NCNc5cn(C)c(C(=O)Nc6cc(/C=C/C(=O)N7C[C@H]8C[C@@]89C7=CC(=O)c7[nH]c(C)c(C(=O)OC)c79)n(C)c6)n5)cn4C)cn1C)C3=CC2=O. The van der Waals surface area contributed by atoms with Gasteiger partial charge in [0.05, 0.1) is 54.8 Å². The van der Waals surface area contributed by atoms with Gasteiger partial charge < -0.3 is 68.8 Å². The summed E-state index contributed by atoms with van der Waals surface area (Å²) in [6, 6.07) is 3.44. The summed E-state index contributed by atoms with van der Waals surface area (Å²) in [7, 11) is 9.53. The molecule has 24 nitrogen and oxygen atoms in total. The van der Waals surface area contributed by atoms with Crippen LogP contribution in [0.2, 0.25) is 0 Å². The number of aryl methyl sites for hydroxylation is 6. The standard InChI is InChI=1S/C55H54N14O10/c1-26-42(52(76)78-7)44-46(58-26)34(70)15-36-54(44)17-28(54)19-68(36)40(72)11-9-32-13-30(21-64(32)3)60-50(74)48-62-38(23-66(48)5)56-25-57-39-24-67(6)49(63-39)51(75)61-31-14-33(65(4)22-31)10-12-41(73)69-20-29-18-55(29)37(69)16-35(71)47-45(55)43(27(2)59-47)53(77)79-8/h9-16,21-24,28-29,56-59H,17-20,25H2,1-8H3,(H,60,74)(H,61,75)/b11-9+,12-10+/t28-,29-,54+,55+/m1/s1. The Morgan fingerprint density at radius 2 is 1.04 bits per heavy atom. The van der Waals surface area contributed by atoms with Crippen LogP contribution in [0.15, 0.2) is 72.6 Å². The average molecular weight is 1070 g/mol. The molecule has 0 unspecified atom stereocenters. The van der Waals surface area contributed by atoms with Gasteiger partial charge in [-0.25, -0.2) is 19.6 Å². The molecule has 4 fully saturated rings. The number of ether oxygens (including phenoxy) is 2. The Hall–Kier alpha value is -9.74. The smallest absolute Gasteiger partial charge is 0.340 e. The van der Waals surface area contributed by atoms with Crippen molar-refractivity contribution in [3.05, 3.63) is 141 Å². The highest BCUT2D eigenvalue weighted by atomic mass is 16.5. The quantitative estimate of drug-likeness (QED) is 0.0500. The van der Waals surface area contributed by atoms with Crippen LogP contribution in [0, 0.1) is 25.7 Å². The van der Waals surface area contributed by atoms with Crippen LogP contribution < -0.4 is 21.3 Å². The summed E-state index contributed by atoms with van der Waals surface area (Å²) in [6.45, 7) is 4.41. The molecule has 8 heterocycles. The molecule has 2 spiro atoms. The molecule has 0 radical (unpaired) electrons. The summed E-state index contributed by atoms with van der Waals surface area (Å²) in [5.41, 5.74) is 5.91. The number of ketones is 2. The van der Waals surface area contributed by atoms with Crippen LogP contribution in [0.3, 0.4) is 0 Å². The molecule has 2 aliphatic heterocycles. The monoisotopic (exact) mass is 1070 g/mol. The van der Waals surface area contributed by atoms with Gasteiger partial charge >= 0.3 is 11.9 Å². The highest BCUT2D eigenvalue weighted by molar-refractivity contribution is 6.13. The van der Waals surface area contributed by atoms with Crippen LogP contribution >= 0.6 is 0 Å². The van der Waals surface area contributed by atoms with E-state index in [1.165, 1.54) is 38.5 Å². The van der Waals surface area contributed by atoms with Gasteiger partial charge in [-0.1, -0.05) is 0 Å². The van der Waals surface area contributed by atoms with Crippen molar-refractivity contribution in [1.29, 1.82) is 0 Å². The van der Waals surface area contributed by atoms with Crippen molar-refractivity contribution in [3.8, 4) is 0 Å². The fourth-order valence-electron chi connectivity index (χ4n) is 12.4. The first-order valence-corrected chi connectivity index (χ1v) is 25.4. The van der Waals surface area contributed by atoms with E-state index >= 15 is 0 Å². The number of carbonyl (C=O) groups excluding carboxylic acids is 8. The zero-order valence-corrected chi connectivity index (χ0v) is 44.3. The number of aromatic nitrogens is 8. The van der Waals surface area contributed by atoms with Crippen LogP contribution in [0.25, 0.3) is 12.2 Å². The van der Waals surface area contributed by atoms with Gasteiger partial charge in [0, 0.05) is 146 Å². The number of piperidine rings is 2. The molecule has 6 N–H and O–H groups in total. The van der Waals surface area contributed by atoms with Crippen molar-refractivity contribution in [3.63, 3.8) is 0 Å². The lowest BCUT2D eigenvalue weighted by atomic mass is 9.82. The molecule has 2 saturated carbocycles. The summed E-state index contributed by atoms with van der Waals surface area (Å²) in [6.07, 6.45) is 17.3. The summed E-state index contributed by atoms with van der Waals surface area (Å²) in [5.74, 6) is -2.11. The molecule has 4 amide bonds. The zero-order chi connectivity index (χ0) is 55.7. The number of H-pyrrole nitrogens is 2. The van der Waals surface area contributed by atoms with Crippen LogP contribution in [0.4, 0.5) is 23.0 Å². The number of aromatic amines is 2. The van der Waals surface area contributed by atoms with E-state index in [-0.39, 0.29) is 53.5 Å². The first kappa shape index (κ1) is 50.1. The molecule has 6 aromatic heterocycles. The fraction of sp³-hybridized carbons (Fsp3) is 0.309. The Bertz CT molecular complexity index is 3640. The maximum absolute atomic E-state index is 13.7. The van der Waals surface area contributed by atoms with Gasteiger partial charge in [-0.15, -0.1) is 0 Å². The second-order valence-corrected chi connectivity index (χ2v) is 20.9. The molecule has 2 saturated heterocycles. The Labute approximate surface area is 450 Å². The van der Waals surface area contributed by atoms with Gasteiger partial charge in [0.15, 0.2) is 0 Å². The summed E-state index contributed by atoms with van der Waals surface area (Å²) >= 11 is 0. The molecule has 4 atom stereocenters. The summed E-state index contributed by atoms with van der Waals surface area (Å²) in [5, 5.41) is 12.0. The van der Waals surface area contributed by atoms with E-state index in [0.29, 0.717) is 104 Å². The number of allylic oxidation sites excluding steroid dienone is 4. The fourth-order valence-corrected chi connectivity index (χ4v) is 12.4. The normalized spacial score (nSPS) is 21.0. The molecular formula is C55H54N14O10. The van der Waals surface area contributed by atoms with Crippen molar-refractivity contribution in [2.24, 2.45) is 40.0 Å². The Kier molecular flexibility index (Phi) is 11.4. The van der Waals surface area contributed by atoms with E-state index in [0.717, 1.165) is 12.8 Å². The number of imidazole rings is 2. The largest absolute Gasteiger partial charge is 0.465 e. The molecule has 12 rings (SSSR count). The van der Waals surface area contributed by atoms with Crippen molar-refractivity contribution >= 4 is 82.3 Å². The minimum absolute atomic E-state index is 0.0578. The van der Waals surface area contributed by atoms with Crippen molar-refractivity contribution < 1.29 is 47.8 Å². The van der Waals surface area contributed by atoms with Gasteiger partial charge in [-0.2, -0.15) is 0 Å². The number of hydrogen-bond donors (Lipinski definition) is 6. The lowest BCUT2D eigenvalue weighted by Crippen LogP contribution is -2.33. The van der Waals surface area contributed by atoms with Crippen molar-refractivity contribution in [1.82, 2.24) is 48.0 Å². The van der Waals surface area contributed by atoms with E-state index in [9.17, 15) is 38.4 Å². The maximum atomic E-state index is 13.7. The Morgan fingerprint density at radius 3 is 1.43 bits per heavy atom. The van der Waals surface area contributed by atoms with Gasteiger partial charge in [0.2, 0.25) is 23.2 Å². The van der Waals surface area contributed by atoms with Crippen molar-refractivity contribution in [2.45, 2.75) is 37.5 Å². The number of amides is 4. The van der Waals surface area contributed by atoms with E-state index in [4.69, 9.17) is 9.47 Å². The molecule has 404 valence electrons. The molecule has 6 aromatic rings. The molecule has 79 heavy (non-hydrogen) atoms. The second kappa shape index (κ2) is 17.9. The number of nitrogens with one attached hydrogen (secondary N) is 6. The minimum atomic E-state index is -0.606. The number of esters is 2. The van der Waals surface area contributed by atoms with Crippen LogP contribution in [-0.4, -0.2) is 129 Å². The van der Waals surface area contributed by atoms with Crippen molar-refractivity contribution in [2.75, 3.05) is 55.2 Å². The number of carbonyl (C=O) groups is 8. The van der Waals surface area contributed by atoms with Crippen LogP contribution in [-0.2, 0) is 58.1 Å². The number of methoxy groups -OCH3 is 2. The molecule has 24 heteroatoms. The Balaban J connectivity index is 0.630. The van der Waals surface area contributed by atoms with E-state index in [1.807, 2.05) is 0 Å². The van der Waals surface area contributed by atoms with Gasteiger partial charge in [-0.05, 0) is 62.8 Å². The zero-order valence-electron chi connectivity index (χ0n) is 44.3. The third kappa shape index (κ3) is 7.78. The predicted octanol–water partition coefficient (Wildman–Crippen LogP) is 4.45. The number of fused-ring (bicyclic) bond motifs is 2. The van der Waals surface area contributed by atoms with Gasteiger partial charge in [0.1, 0.15) is 11.6 Å². The maximum Gasteiger partial charge on any atom is 0.340 e. The molecule has 6 aliphatic rings. The number of rotatable bonds is 14. The lowest BCUT2D eigenvalue weighted by Gasteiger charge is -2.27. The number of likely N-dealkylation sites (tertiary alicyclic amines) is 2. The van der Waals surface area contributed by atoms with E-state index in [1.54, 1.807) is 119 Å². The van der Waals surface area contributed by atoms with Gasteiger partial charge in [-0.3, -0.25) is 28.8 Å². The molecule has 0 aromatic carbocycles. The molecular weight excluding hydrogens is 1020 g/mol. The highest BCUT2D eigenvalue weighted by Crippen LogP contribution is 2.68. The van der Waals surface area contributed by atoms with Crippen LogP contribution in [0.5, 0.6) is 0 Å². The van der Waals surface area contributed by atoms with E-state index < -0.39 is 34.6 Å². The summed E-state index contributed by atoms with van der Waals surface area (Å²) < 4.78 is 16.8. The highest BCUT2D eigenvalue weighted by Gasteiger charge is 2.70. The minimum Gasteiger partial charge on any atom is -0.465 e. The van der Waals surface area contributed by atoms with Crippen LogP contribution in [0.1, 0.15) is 110 Å². The second-order valence-electron chi connectivity index (χ2n) is 20.9. The topological polar surface area (TPSA) is 287 Å². The molecule has 0 bridgehead atoms. The lowest BCUT2D eigenvalue weighted by molar-refractivity contribution is -0.124. The Morgan fingerprint density at radius 1 is 0.633 bits per heavy atom. The van der Waals surface area contributed by atoms with Gasteiger partial charge in [0.25, 0.3) is 23.6 Å². The third-order valence-electron chi connectivity index (χ3n) is 16.2. The summed E-state index contributed by atoms with van der Waals surface area (Å²) in [4.78, 5) is 125. The predicted molar refractivity (Wildman–Crippen MR) is 285 cm³/mol. The number of nitrogens with zero attached hydrogens (tertiary/aromatic N) is 8. The first-order chi connectivity index (χ1) is 37.7. The average Bonchev–Trinajstić information content (AvgIpc) is 1.90. The number of hydrogen-bond acceptors (Lipinski definition) is 14. The number of anilines is 4. The molecule has 4 aliphatic carbocycles. The van der Waals surface area contributed by atoms with E-state index in [2.05, 4.69) is 41.2 Å². The first-order valence-electron chi connectivity index (χ1n) is 25.4.